The van der Waals surface area contributed by atoms with E-state index in [-0.39, 0.29) is 0 Å². The van der Waals surface area contributed by atoms with E-state index in [1.54, 1.807) is 24.5 Å². The second-order valence-electron chi connectivity index (χ2n) is 3.30. The van der Waals surface area contributed by atoms with Crippen molar-refractivity contribution < 1.29 is 5.11 Å². The molecule has 0 saturated heterocycles. The van der Waals surface area contributed by atoms with E-state index in [1.165, 1.54) is 0 Å². The fraction of sp³-hybridized carbons (Fsp3) is 0.700. The number of rotatable bonds is 5. The highest BCUT2D eigenvalue weighted by molar-refractivity contribution is 7.15. The second kappa shape index (κ2) is 5.32. The molecule has 0 fully saturated rings. The maximum atomic E-state index is 9.37. The van der Waals surface area contributed by atoms with Crippen LogP contribution in [0.4, 0.5) is 5.13 Å². The van der Waals surface area contributed by atoms with E-state index in [0.29, 0.717) is 0 Å². The van der Waals surface area contributed by atoms with Crippen molar-refractivity contribution in [3.8, 4) is 0 Å². The van der Waals surface area contributed by atoms with Gasteiger partial charge in [-0.3, -0.25) is 0 Å². The van der Waals surface area contributed by atoms with Gasteiger partial charge >= 0.3 is 0 Å². The summed E-state index contributed by atoms with van der Waals surface area (Å²) < 4.78 is 0. The number of aromatic nitrogens is 1. The normalized spacial score (nSPS) is 12.9. The number of hydrogen-bond donors (Lipinski definition) is 1. The molecule has 0 spiro atoms. The van der Waals surface area contributed by atoms with Gasteiger partial charge in [0, 0.05) is 19.3 Å². The van der Waals surface area contributed by atoms with Gasteiger partial charge in [-0.05, 0) is 20.3 Å². The first-order valence-corrected chi connectivity index (χ1v) is 5.89. The molecule has 1 heterocycles. The summed E-state index contributed by atoms with van der Waals surface area (Å²) in [5.41, 5.74) is 0. The predicted octanol–water partition coefficient (Wildman–Crippen LogP) is 2.43. The van der Waals surface area contributed by atoms with Crippen LogP contribution in [0.1, 0.15) is 38.2 Å². The summed E-state index contributed by atoms with van der Waals surface area (Å²) in [5.74, 6) is 0. The Morgan fingerprint density at radius 1 is 1.57 bits per heavy atom. The standard InChI is InChI=1S/C10H18N2OS/c1-4-6-12(5-2)10-11-7-9(14-10)8(3)13/h7-8,13H,4-6H2,1-3H3. The SMILES string of the molecule is CCCN(CC)c1ncc(C(C)O)s1. The van der Waals surface area contributed by atoms with Gasteiger partial charge < -0.3 is 10.0 Å². The Morgan fingerprint density at radius 2 is 2.29 bits per heavy atom. The lowest BCUT2D eigenvalue weighted by atomic mass is 10.4. The topological polar surface area (TPSA) is 36.4 Å². The molecule has 0 aliphatic rings. The fourth-order valence-corrected chi connectivity index (χ4v) is 2.22. The first-order chi connectivity index (χ1) is 6.69. The molecular weight excluding hydrogens is 196 g/mol. The summed E-state index contributed by atoms with van der Waals surface area (Å²) in [4.78, 5) is 7.48. The second-order valence-corrected chi connectivity index (χ2v) is 4.34. The zero-order valence-corrected chi connectivity index (χ0v) is 9.84. The van der Waals surface area contributed by atoms with Crippen LogP contribution >= 0.6 is 11.3 Å². The number of thiazole rings is 1. The van der Waals surface area contributed by atoms with Crippen molar-refractivity contribution in [1.29, 1.82) is 0 Å². The third kappa shape index (κ3) is 2.69. The highest BCUT2D eigenvalue weighted by Crippen LogP contribution is 2.26. The molecule has 3 nitrogen and oxygen atoms in total. The molecule has 1 rings (SSSR count). The van der Waals surface area contributed by atoms with E-state index in [1.807, 2.05) is 0 Å². The molecule has 0 bridgehead atoms. The molecule has 0 amide bonds. The maximum absolute atomic E-state index is 9.37. The number of nitrogens with zero attached hydrogens (tertiary/aromatic N) is 2. The molecule has 1 aromatic rings. The van der Waals surface area contributed by atoms with Gasteiger partial charge in [0.05, 0.1) is 11.0 Å². The molecule has 0 radical (unpaired) electrons. The quantitative estimate of drug-likeness (QED) is 0.818. The number of hydrogen-bond acceptors (Lipinski definition) is 4. The minimum Gasteiger partial charge on any atom is -0.388 e. The molecule has 1 aromatic heterocycles. The number of anilines is 1. The van der Waals surface area contributed by atoms with Crippen molar-refractivity contribution in [2.24, 2.45) is 0 Å². The van der Waals surface area contributed by atoms with E-state index < -0.39 is 6.10 Å². The largest absolute Gasteiger partial charge is 0.388 e. The van der Waals surface area contributed by atoms with Gasteiger partial charge in [0.1, 0.15) is 0 Å². The highest BCUT2D eigenvalue weighted by atomic mass is 32.1. The monoisotopic (exact) mass is 214 g/mol. The molecule has 0 aromatic carbocycles. The summed E-state index contributed by atoms with van der Waals surface area (Å²) in [6, 6.07) is 0. The lowest BCUT2D eigenvalue weighted by molar-refractivity contribution is 0.203. The smallest absolute Gasteiger partial charge is 0.185 e. The van der Waals surface area contributed by atoms with Crippen molar-refractivity contribution in [1.82, 2.24) is 4.98 Å². The van der Waals surface area contributed by atoms with Crippen molar-refractivity contribution >= 4 is 16.5 Å². The average Bonchev–Trinajstić information content (AvgIpc) is 2.63. The van der Waals surface area contributed by atoms with Gasteiger partial charge in [-0.25, -0.2) is 4.98 Å². The number of aliphatic hydroxyl groups excluding tert-OH is 1. The zero-order valence-electron chi connectivity index (χ0n) is 9.03. The molecular formula is C10H18N2OS. The summed E-state index contributed by atoms with van der Waals surface area (Å²) in [7, 11) is 0. The van der Waals surface area contributed by atoms with Crippen LogP contribution in [0.25, 0.3) is 0 Å². The van der Waals surface area contributed by atoms with Gasteiger partial charge in [0.15, 0.2) is 5.13 Å². The average molecular weight is 214 g/mol. The molecule has 4 heteroatoms. The summed E-state index contributed by atoms with van der Waals surface area (Å²) >= 11 is 1.58. The van der Waals surface area contributed by atoms with Crippen LogP contribution in [-0.4, -0.2) is 23.2 Å². The van der Waals surface area contributed by atoms with E-state index in [9.17, 15) is 5.11 Å². The Balaban J connectivity index is 2.73. The molecule has 1 unspecified atom stereocenters. The van der Waals surface area contributed by atoms with Gasteiger partial charge in [-0.2, -0.15) is 0 Å². The Hall–Kier alpha value is -0.610. The summed E-state index contributed by atoms with van der Waals surface area (Å²) in [6.45, 7) is 8.06. The molecule has 80 valence electrons. The Kier molecular flexibility index (Phi) is 4.35. The van der Waals surface area contributed by atoms with E-state index >= 15 is 0 Å². The third-order valence-corrected chi connectivity index (χ3v) is 3.30. The van der Waals surface area contributed by atoms with E-state index in [2.05, 4.69) is 23.7 Å². The summed E-state index contributed by atoms with van der Waals surface area (Å²) in [6.07, 6.45) is 2.49. The maximum Gasteiger partial charge on any atom is 0.185 e. The zero-order chi connectivity index (χ0) is 10.6. The molecule has 0 aliphatic carbocycles. The Bertz CT molecular complexity index is 273. The van der Waals surface area contributed by atoms with Gasteiger partial charge in [0.2, 0.25) is 0 Å². The van der Waals surface area contributed by atoms with Crippen LogP contribution < -0.4 is 4.90 Å². The predicted molar refractivity (Wildman–Crippen MR) is 60.9 cm³/mol. The Labute approximate surface area is 89.4 Å². The Morgan fingerprint density at radius 3 is 2.71 bits per heavy atom. The van der Waals surface area contributed by atoms with Crippen LogP contribution in [0.2, 0.25) is 0 Å². The van der Waals surface area contributed by atoms with Gasteiger partial charge in [-0.15, -0.1) is 0 Å². The minimum absolute atomic E-state index is 0.401. The molecule has 1 N–H and O–H groups in total. The summed E-state index contributed by atoms with van der Waals surface area (Å²) in [5, 5.41) is 10.4. The van der Waals surface area contributed by atoms with Crippen molar-refractivity contribution in [2.75, 3.05) is 18.0 Å². The van der Waals surface area contributed by atoms with Crippen LogP contribution in [0.5, 0.6) is 0 Å². The lowest BCUT2D eigenvalue weighted by Crippen LogP contribution is -2.22. The molecule has 1 atom stereocenters. The first-order valence-electron chi connectivity index (χ1n) is 5.07. The van der Waals surface area contributed by atoms with E-state index in [0.717, 1.165) is 29.5 Å². The third-order valence-electron chi connectivity index (χ3n) is 2.07. The van der Waals surface area contributed by atoms with Gasteiger partial charge in [-0.1, -0.05) is 18.3 Å². The van der Waals surface area contributed by atoms with Crippen LogP contribution in [0.15, 0.2) is 6.20 Å². The first kappa shape index (κ1) is 11.5. The molecule has 14 heavy (non-hydrogen) atoms. The van der Waals surface area contributed by atoms with E-state index in [4.69, 9.17) is 0 Å². The van der Waals surface area contributed by atoms with Crippen LogP contribution in [0, 0.1) is 0 Å². The lowest BCUT2D eigenvalue weighted by Gasteiger charge is -2.18. The number of aliphatic hydroxyl groups is 1. The van der Waals surface area contributed by atoms with Gasteiger partial charge in [0.25, 0.3) is 0 Å². The van der Waals surface area contributed by atoms with Crippen molar-refractivity contribution in [3.63, 3.8) is 0 Å². The van der Waals surface area contributed by atoms with Crippen molar-refractivity contribution in [2.45, 2.75) is 33.3 Å². The minimum atomic E-state index is -0.401. The molecule has 0 aliphatic heterocycles. The van der Waals surface area contributed by atoms with Crippen LogP contribution in [-0.2, 0) is 0 Å². The molecule has 0 saturated carbocycles. The van der Waals surface area contributed by atoms with Crippen LogP contribution in [0.3, 0.4) is 0 Å². The fourth-order valence-electron chi connectivity index (χ4n) is 1.28. The van der Waals surface area contributed by atoms with Crippen molar-refractivity contribution in [3.05, 3.63) is 11.1 Å². The highest BCUT2D eigenvalue weighted by Gasteiger charge is 2.10.